The minimum atomic E-state index is -2.22. The Morgan fingerprint density at radius 1 is 1.02 bits per heavy atom. The van der Waals surface area contributed by atoms with E-state index in [2.05, 4.69) is 43.9 Å². The molecule has 0 saturated heterocycles. The maximum Gasteiger partial charge on any atom is 0.410 e. The van der Waals surface area contributed by atoms with Crippen molar-refractivity contribution in [2.45, 2.75) is 77.5 Å². The van der Waals surface area contributed by atoms with E-state index in [1.807, 2.05) is 45.0 Å². The summed E-state index contributed by atoms with van der Waals surface area (Å²) >= 11 is 6.34. The molecule has 0 aromatic heterocycles. The van der Waals surface area contributed by atoms with Crippen molar-refractivity contribution in [3.8, 4) is 0 Å². The number of hydrogen-bond donors (Lipinski definition) is 2. The minimum absolute atomic E-state index is 0.0320. The lowest BCUT2D eigenvalue weighted by Crippen LogP contribution is -2.46. The molecule has 0 heterocycles. The number of carbonyl (C=O) groups excluding carboxylic acids is 2. The number of esters is 1. The van der Waals surface area contributed by atoms with Crippen LogP contribution in [0.1, 0.15) is 64.9 Å². The minimum Gasteiger partial charge on any atom is -0.467 e. The highest BCUT2D eigenvalue weighted by molar-refractivity contribution is 6.74. The van der Waals surface area contributed by atoms with Gasteiger partial charge in [0.05, 0.1) is 19.8 Å². The maximum absolute atomic E-state index is 13.3. The monoisotopic (exact) mass is 592 g/mol. The number of aliphatic hydroxyl groups excluding tert-OH is 1. The summed E-state index contributed by atoms with van der Waals surface area (Å²) in [5.41, 5.74) is 1.44. The van der Waals surface area contributed by atoms with Gasteiger partial charge in [-0.3, -0.25) is 0 Å². The van der Waals surface area contributed by atoms with Gasteiger partial charge in [0, 0.05) is 23.8 Å². The third-order valence-electron chi connectivity index (χ3n) is 6.86. The summed E-state index contributed by atoms with van der Waals surface area (Å²) in [5.74, 6) is -0.720. The Morgan fingerprint density at radius 2 is 1.65 bits per heavy atom. The molecular formula is C30H45ClN2O6Si. The van der Waals surface area contributed by atoms with E-state index in [-0.39, 0.29) is 11.6 Å². The molecule has 40 heavy (non-hydrogen) atoms. The molecular weight excluding hydrogens is 548 g/mol. The summed E-state index contributed by atoms with van der Waals surface area (Å²) in [5, 5.41) is 13.9. The summed E-state index contributed by atoms with van der Waals surface area (Å²) < 4.78 is 17.2. The number of carbonyl (C=O) groups is 2. The number of benzene rings is 2. The van der Waals surface area contributed by atoms with Crippen molar-refractivity contribution in [3.63, 3.8) is 0 Å². The highest BCUT2D eigenvalue weighted by Crippen LogP contribution is 2.40. The van der Waals surface area contributed by atoms with Gasteiger partial charge in [-0.2, -0.15) is 0 Å². The van der Waals surface area contributed by atoms with Crippen molar-refractivity contribution >= 4 is 37.7 Å². The number of nitrogens with zero attached hydrogens (tertiary/aromatic N) is 1. The van der Waals surface area contributed by atoms with Crippen LogP contribution in [0, 0.1) is 0 Å². The molecule has 2 atom stereocenters. The highest BCUT2D eigenvalue weighted by Gasteiger charge is 2.40. The molecule has 0 spiro atoms. The zero-order valence-corrected chi connectivity index (χ0v) is 27.0. The Morgan fingerprint density at radius 3 is 2.17 bits per heavy atom. The van der Waals surface area contributed by atoms with Crippen molar-refractivity contribution in [2.75, 3.05) is 32.1 Å². The lowest BCUT2D eigenvalue weighted by molar-refractivity contribution is -0.150. The number of nitrogens with one attached hydrogen (secondary N) is 1. The van der Waals surface area contributed by atoms with E-state index in [0.29, 0.717) is 23.7 Å². The Bertz CT molecular complexity index is 1130. The van der Waals surface area contributed by atoms with Gasteiger partial charge in [0.1, 0.15) is 5.60 Å². The quantitative estimate of drug-likeness (QED) is 0.215. The predicted molar refractivity (Wildman–Crippen MR) is 162 cm³/mol. The van der Waals surface area contributed by atoms with Gasteiger partial charge in [-0.1, -0.05) is 56.6 Å². The zero-order valence-electron chi connectivity index (χ0n) is 25.2. The van der Waals surface area contributed by atoms with E-state index in [1.165, 1.54) is 7.11 Å². The van der Waals surface area contributed by atoms with Gasteiger partial charge in [0.15, 0.2) is 14.4 Å². The van der Waals surface area contributed by atoms with Gasteiger partial charge in [0.2, 0.25) is 0 Å². The molecule has 0 radical (unpaired) electrons. The molecule has 1 amide bonds. The van der Waals surface area contributed by atoms with E-state index in [4.69, 9.17) is 20.8 Å². The van der Waals surface area contributed by atoms with Crippen LogP contribution in [0.5, 0.6) is 0 Å². The van der Waals surface area contributed by atoms with Gasteiger partial charge < -0.3 is 29.2 Å². The second-order valence-electron chi connectivity index (χ2n) is 12.3. The molecule has 2 rings (SSSR count). The number of anilines is 1. The van der Waals surface area contributed by atoms with E-state index >= 15 is 0 Å². The highest BCUT2D eigenvalue weighted by atomic mass is 35.5. The van der Waals surface area contributed by atoms with Crippen LogP contribution in [-0.2, 0) is 18.7 Å². The van der Waals surface area contributed by atoms with Crippen molar-refractivity contribution in [1.29, 1.82) is 0 Å². The van der Waals surface area contributed by atoms with E-state index in [0.717, 1.165) is 11.3 Å². The van der Waals surface area contributed by atoms with Crippen molar-refractivity contribution in [3.05, 3.63) is 64.7 Å². The number of rotatable bonds is 11. The number of hydrogen-bond acceptors (Lipinski definition) is 7. The molecule has 2 aromatic carbocycles. The van der Waals surface area contributed by atoms with Gasteiger partial charge >= 0.3 is 12.1 Å². The van der Waals surface area contributed by atoms with Gasteiger partial charge in [-0.05, 0) is 74.3 Å². The summed E-state index contributed by atoms with van der Waals surface area (Å²) in [6.45, 7) is 17.5. The Kier molecular flexibility index (Phi) is 11.6. The Hall–Kier alpha value is -2.59. The molecule has 2 unspecified atom stereocenters. The molecule has 2 aromatic rings. The summed E-state index contributed by atoms with van der Waals surface area (Å²) in [6.07, 6.45) is -2.17. The first-order valence-electron chi connectivity index (χ1n) is 13.4. The smallest absolute Gasteiger partial charge is 0.410 e. The topological polar surface area (TPSA) is 97.3 Å². The van der Waals surface area contributed by atoms with Crippen LogP contribution in [-0.4, -0.2) is 62.7 Å². The van der Waals surface area contributed by atoms with E-state index < -0.39 is 38.2 Å². The summed E-state index contributed by atoms with van der Waals surface area (Å²) in [4.78, 5) is 26.6. The normalized spacial score (nSPS) is 13.8. The molecule has 0 aliphatic carbocycles. The van der Waals surface area contributed by atoms with Gasteiger partial charge in [-0.15, -0.1) is 0 Å². The summed E-state index contributed by atoms with van der Waals surface area (Å²) in [7, 11) is -0.989. The molecule has 0 aliphatic heterocycles. The second kappa shape index (κ2) is 13.8. The van der Waals surface area contributed by atoms with Crippen LogP contribution in [0.15, 0.2) is 48.5 Å². The number of methoxy groups -OCH3 is 1. The fraction of sp³-hybridized carbons (Fsp3) is 0.533. The first kappa shape index (κ1) is 33.6. The molecule has 2 N–H and O–H groups in total. The van der Waals surface area contributed by atoms with Gasteiger partial charge in [0.25, 0.3) is 0 Å². The van der Waals surface area contributed by atoms with Gasteiger partial charge in [-0.25, -0.2) is 9.59 Å². The predicted octanol–water partition coefficient (Wildman–Crippen LogP) is 6.96. The Labute approximate surface area is 245 Å². The van der Waals surface area contributed by atoms with Crippen LogP contribution in [0.25, 0.3) is 0 Å². The Balaban J connectivity index is 2.26. The largest absolute Gasteiger partial charge is 0.467 e. The lowest BCUT2D eigenvalue weighted by atomic mass is 10.1. The third kappa shape index (κ3) is 10.1. The van der Waals surface area contributed by atoms with Crippen molar-refractivity contribution < 1.29 is 28.6 Å². The van der Waals surface area contributed by atoms with Crippen molar-refractivity contribution in [2.24, 2.45) is 0 Å². The van der Waals surface area contributed by atoms with Crippen LogP contribution in [0.2, 0.25) is 23.2 Å². The van der Waals surface area contributed by atoms with Crippen LogP contribution >= 0.6 is 11.6 Å². The number of aliphatic hydroxyl groups is 1. The van der Waals surface area contributed by atoms with Crippen molar-refractivity contribution in [1.82, 2.24) is 4.90 Å². The SMILES string of the molecule is COC(=O)C(O)c1ccc(NCCN(CC(O[Si](C)(C)C(C)(C)C)c2cccc(Cl)c2)C(=O)OC(C)(C)C)cc1. The van der Waals surface area contributed by atoms with E-state index in [9.17, 15) is 14.7 Å². The number of ether oxygens (including phenoxy) is 2. The first-order valence-corrected chi connectivity index (χ1v) is 16.7. The zero-order chi connectivity index (χ0) is 30.3. The van der Waals surface area contributed by atoms with E-state index in [1.54, 1.807) is 29.2 Å². The molecule has 0 aliphatic rings. The number of halogens is 1. The fourth-order valence-corrected chi connectivity index (χ4v) is 5.07. The average Bonchev–Trinajstić information content (AvgIpc) is 2.85. The third-order valence-corrected chi connectivity index (χ3v) is 11.6. The molecule has 0 saturated carbocycles. The maximum atomic E-state index is 13.3. The molecule has 10 heteroatoms. The summed E-state index contributed by atoms with van der Waals surface area (Å²) in [6, 6.07) is 14.4. The van der Waals surface area contributed by atoms with Crippen LogP contribution in [0.3, 0.4) is 0 Å². The molecule has 8 nitrogen and oxygen atoms in total. The molecule has 222 valence electrons. The average molecular weight is 593 g/mol. The first-order chi connectivity index (χ1) is 18.4. The fourth-order valence-electron chi connectivity index (χ4n) is 3.60. The second-order valence-corrected chi connectivity index (χ2v) is 17.5. The lowest BCUT2D eigenvalue weighted by Gasteiger charge is -2.40. The van der Waals surface area contributed by atoms with Crippen LogP contribution in [0.4, 0.5) is 10.5 Å². The molecule has 0 fully saturated rings. The standard InChI is InChI=1S/C30H45ClN2O6Si/c1-29(2,3)38-28(36)33(18-17-32-24-15-13-21(14-16-24)26(34)27(35)37-7)20-25(22-11-10-12-23(31)19-22)39-40(8,9)30(4,5)6/h10-16,19,25-26,32,34H,17-18,20H2,1-9H3. The van der Waals surface area contributed by atoms with Crippen LogP contribution < -0.4 is 5.32 Å². The molecule has 0 bridgehead atoms. The number of amides is 1.